The quantitative estimate of drug-likeness (QED) is 0.799. The van der Waals surface area contributed by atoms with Gasteiger partial charge < -0.3 is 9.67 Å². The van der Waals surface area contributed by atoms with Gasteiger partial charge in [0.1, 0.15) is 5.82 Å². The third-order valence-electron chi connectivity index (χ3n) is 3.57. The van der Waals surface area contributed by atoms with Gasteiger partial charge >= 0.3 is 5.97 Å². The summed E-state index contributed by atoms with van der Waals surface area (Å²) in [5.74, 6) is -0.133. The van der Waals surface area contributed by atoms with Crippen molar-refractivity contribution in [1.29, 1.82) is 0 Å². The number of aryl methyl sites for hydroxylation is 1. The Morgan fingerprint density at radius 3 is 2.86 bits per heavy atom. The second-order valence-corrected chi connectivity index (χ2v) is 5.08. The Kier molecular flexibility index (Phi) is 3.21. The van der Waals surface area contributed by atoms with Crippen LogP contribution in [0.3, 0.4) is 0 Å². The van der Waals surface area contributed by atoms with E-state index in [0.29, 0.717) is 17.6 Å². The number of fused-ring (bicyclic) bond motifs is 1. The van der Waals surface area contributed by atoms with Crippen LogP contribution in [0.4, 0.5) is 0 Å². The number of imidazole rings is 1. The van der Waals surface area contributed by atoms with Crippen LogP contribution in [0.1, 0.15) is 29.1 Å². The van der Waals surface area contributed by atoms with Crippen LogP contribution >= 0.6 is 0 Å². The average Bonchev–Trinajstić information content (AvgIpc) is 3.03. The molecule has 0 fully saturated rings. The summed E-state index contributed by atoms with van der Waals surface area (Å²) in [7, 11) is 0. The summed E-state index contributed by atoms with van der Waals surface area (Å²) in [6.45, 7) is 4.59. The molecule has 108 valence electrons. The van der Waals surface area contributed by atoms with Crippen molar-refractivity contribution >= 4 is 17.0 Å². The van der Waals surface area contributed by atoms with Crippen LogP contribution in [0.5, 0.6) is 0 Å². The summed E-state index contributed by atoms with van der Waals surface area (Å²) in [6.07, 6.45) is 3.62. The van der Waals surface area contributed by atoms with Gasteiger partial charge in [-0.05, 0) is 32.0 Å². The van der Waals surface area contributed by atoms with Gasteiger partial charge in [0.25, 0.3) is 0 Å². The zero-order chi connectivity index (χ0) is 15.0. The first-order valence-electron chi connectivity index (χ1n) is 6.76. The number of benzene rings is 1. The van der Waals surface area contributed by atoms with E-state index in [0.717, 1.165) is 5.82 Å². The summed E-state index contributed by atoms with van der Waals surface area (Å²) < 4.78 is 3.81. The Morgan fingerprint density at radius 2 is 2.19 bits per heavy atom. The van der Waals surface area contributed by atoms with Crippen molar-refractivity contribution in [1.82, 2.24) is 19.3 Å². The fourth-order valence-corrected chi connectivity index (χ4v) is 2.74. The lowest BCUT2D eigenvalue weighted by atomic mass is 10.1. The number of nitrogens with zero attached hydrogens (tertiary/aromatic N) is 4. The van der Waals surface area contributed by atoms with E-state index in [1.54, 1.807) is 18.3 Å². The molecule has 0 aliphatic rings. The van der Waals surface area contributed by atoms with Crippen LogP contribution in [-0.4, -0.2) is 30.4 Å². The highest BCUT2D eigenvalue weighted by Gasteiger charge is 2.19. The Morgan fingerprint density at radius 1 is 1.38 bits per heavy atom. The number of carbonyl (C=O) groups is 1. The molecule has 1 N–H and O–H groups in total. The molecule has 1 unspecified atom stereocenters. The molecule has 3 rings (SSSR count). The monoisotopic (exact) mass is 284 g/mol. The molecule has 0 saturated heterocycles. The number of rotatable bonds is 4. The number of aromatic carboxylic acids is 1. The molecular formula is C15H16N4O2. The van der Waals surface area contributed by atoms with Gasteiger partial charge in [-0.3, -0.25) is 4.68 Å². The van der Waals surface area contributed by atoms with Crippen molar-refractivity contribution in [3.05, 3.63) is 48.0 Å². The van der Waals surface area contributed by atoms with Crippen molar-refractivity contribution in [2.75, 3.05) is 0 Å². The van der Waals surface area contributed by atoms with Crippen molar-refractivity contribution in [2.45, 2.75) is 26.4 Å². The van der Waals surface area contributed by atoms with Crippen LogP contribution in [0.15, 0.2) is 36.7 Å². The summed E-state index contributed by atoms with van der Waals surface area (Å²) in [5.41, 5.74) is 1.65. The van der Waals surface area contributed by atoms with Crippen LogP contribution in [0, 0.1) is 6.92 Å². The van der Waals surface area contributed by atoms with Gasteiger partial charge in [-0.2, -0.15) is 5.10 Å². The van der Waals surface area contributed by atoms with Gasteiger partial charge in [0.2, 0.25) is 0 Å². The van der Waals surface area contributed by atoms with Crippen LogP contribution < -0.4 is 0 Å². The lowest BCUT2D eigenvalue weighted by Crippen LogP contribution is -2.16. The zero-order valence-corrected chi connectivity index (χ0v) is 11.9. The molecule has 6 nitrogen and oxygen atoms in total. The van der Waals surface area contributed by atoms with Crippen molar-refractivity contribution in [3.8, 4) is 0 Å². The molecule has 0 spiro atoms. The Bertz CT molecular complexity index is 789. The number of hydrogen-bond donors (Lipinski definition) is 1. The van der Waals surface area contributed by atoms with E-state index in [9.17, 15) is 9.90 Å². The van der Waals surface area contributed by atoms with Crippen molar-refractivity contribution in [2.24, 2.45) is 0 Å². The van der Waals surface area contributed by atoms with E-state index in [1.165, 1.54) is 0 Å². The molecule has 0 amide bonds. The summed E-state index contributed by atoms with van der Waals surface area (Å²) in [6, 6.07) is 7.10. The highest BCUT2D eigenvalue weighted by atomic mass is 16.4. The standard InChI is InChI=1S/C15H16N4O2/c1-10(9-18-8-4-7-16-18)19-11(2)17-13-6-3-5-12(14(13)19)15(20)21/h3-8,10H,9H2,1-2H3,(H,20,21). The van der Waals surface area contributed by atoms with Crippen molar-refractivity contribution in [3.63, 3.8) is 0 Å². The molecule has 0 radical (unpaired) electrons. The fraction of sp³-hybridized carbons (Fsp3) is 0.267. The molecule has 0 bridgehead atoms. The van der Waals surface area contributed by atoms with E-state index in [1.807, 2.05) is 41.4 Å². The lowest BCUT2D eigenvalue weighted by molar-refractivity contribution is 0.0698. The highest BCUT2D eigenvalue weighted by Crippen LogP contribution is 2.25. The smallest absolute Gasteiger partial charge is 0.337 e. The normalized spacial score (nSPS) is 12.7. The first-order valence-corrected chi connectivity index (χ1v) is 6.76. The minimum atomic E-state index is -0.937. The largest absolute Gasteiger partial charge is 0.478 e. The molecule has 1 atom stereocenters. The third kappa shape index (κ3) is 2.29. The van der Waals surface area contributed by atoms with Crippen LogP contribution in [0.2, 0.25) is 0 Å². The minimum Gasteiger partial charge on any atom is -0.478 e. The number of carboxylic acids is 1. The van der Waals surface area contributed by atoms with E-state index < -0.39 is 5.97 Å². The predicted molar refractivity (Wildman–Crippen MR) is 78.4 cm³/mol. The SMILES string of the molecule is Cc1nc2cccc(C(=O)O)c2n1C(C)Cn1cccn1. The second-order valence-electron chi connectivity index (χ2n) is 5.08. The topological polar surface area (TPSA) is 72.9 Å². The van der Waals surface area contributed by atoms with Crippen LogP contribution in [0.25, 0.3) is 11.0 Å². The predicted octanol–water partition coefficient (Wildman–Crippen LogP) is 2.50. The maximum absolute atomic E-state index is 11.5. The Hall–Kier alpha value is -2.63. The summed E-state index contributed by atoms with van der Waals surface area (Å²) in [4.78, 5) is 15.9. The van der Waals surface area contributed by atoms with Gasteiger partial charge in [-0.25, -0.2) is 9.78 Å². The Labute approximate surface area is 121 Å². The van der Waals surface area contributed by atoms with Crippen LogP contribution in [-0.2, 0) is 6.54 Å². The van der Waals surface area contributed by atoms with Gasteiger partial charge in [0.05, 0.1) is 29.2 Å². The number of para-hydroxylation sites is 1. The number of aromatic nitrogens is 4. The second kappa shape index (κ2) is 5.05. The van der Waals surface area contributed by atoms with Crippen molar-refractivity contribution < 1.29 is 9.90 Å². The van der Waals surface area contributed by atoms with Gasteiger partial charge in [-0.15, -0.1) is 0 Å². The van der Waals surface area contributed by atoms with Gasteiger partial charge in [0, 0.05) is 12.4 Å². The van der Waals surface area contributed by atoms with E-state index >= 15 is 0 Å². The molecule has 0 aliphatic heterocycles. The maximum Gasteiger partial charge on any atom is 0.337 e. The summed E-state index contributed by atoms with van der Waals surface area (Å²) in [5, 5.41) is 13.6. The summed E-state index contributed by atoms with van der Waals surface area (Å²) >= 11 is 0. The molecule has 6 heteroatoms. The number of carboxylic acid groups (broad SMARTS) is 1. The zero-order valence-electron chi connectivity index (χ0n) is 11.9. The average molecular weight is 284 g/mol. The molecule has 0 aliphatic carbocycles. The molecule has 2 aromatic heterocycles. The van der Waals surface area contributed by atoms with E-state index in [4.69, 9.17) is 0 Å². The third-order valence-corrected chi connectivity index (χ3v) is 3.57. The molecule has 0 saturated carbocycles. The minimum absolute atomic E-state index is 0.0513. The maximum atomic E-state index is 11.5. The highest BCUT2D eigenvalue weighted by molar-refractivity contribution is 6.01. The fourth-order valence-electron chi connectivity index (χ4n) is 2.74. The molecule has 21 heavy (non-hydrogen) atoms. The van der Waals surface area contributed by atoms with Gasteiger partial charge in [-0.1, -0.05) is 6.07 Å². The van der Waals surface area contributed by atoms with E-state index in [2.05, 4.69) is 10.1 Å². The first kappa shape index (κ1) is 13.4. The number of hydrogen-bond acceptors (Lipinski definition) is 3. The van der Waals surface area contributed by atoms with E-state index in [-0.39, 0.29) is 11.6 Å². The molecular weight excluding hydrogens is 268 g/mol. The molecule has 2 heterocycles. The first-order chi connectivity index (χ1) is 10.1. The molecule has 1 aromatic carbocycles. The Balaban J connectivity index is 2.12. The van der Waals surface area contributed by atoms with Gasteiger partial charge in [0.15, 0.2) is 0 Å². The lowest BCUT2D eigenvalue weighted by Gasteiger charge is -2.17. The molecule has 3 aromatic rings.